The van der Waals surface area contributed by atoms with Crippen LogP contribution in [0.4, 0.5) is 22.0 Å². The van der Waals surface area contributed by atoms with Crippen LogP contribution in [-0.2, 0) is 0 Å². The molecule has 2 aromatic heterocycles. The maximum atomic E-state index is 13.2. The van der Waals surface area contributed by atoms with E-state index in [-0.39, 0.29) is 5.75 Å². The van der Waals surface area contributed by atoms with Crippen LogP contribution in [0.15, 0.2) is 29.3 Å². The van der Waals surface area contributed by atoms with Crippen LogP contribution >= 0.6 is 11.8 Å². The second-order valence-electron chi connectivity index (χ2n) is 6.18. The Labute approximate surface area is 161 Å². The van der Waals surface area contributed by atoms with Crippen molar-refractivity contribution in [3.05, 3.63) is 35.5 Å². The summed E-state index contributed by atoms with van der Waals surface area (Å²) in [7, 11) is 0. The third-order valence-corrected chi connectivity index (χ3v) is 4.94. The van der Waals surface area contributed by atoms with Crippen molar-refractivity contribution in [2.75, 3.05) is 12.9 Å². The van der Waals surface area contributed by atoms with Crippen LogP contribution in [0, 0.1) is 13.8 Å². The van der Waals surface area contributed by atoms with E-state index in [1.54, 1.807) is 6.92 Å². The first-order valence-electron chi connectivity index (χ1n) is 8.12. The molecule has 10 heteroatoms. The van der Waals surface area contributed by atoms with E-state index in [1.165, 1.54) is 24.9 Å². The van der Waals surface area contributed by atoms with Crippen molar-refractivity contribution < 1.29 is 26.7 Å². The van der Waals surface area contributed by atoms with E-state index in [2.05, 4.69) is 15.0 Å². The molecule has 0 fully saturated rings. The second kappa shape index (κ2) is 7.23. The number of H-pyrrole nitrogens is 1. The standard InChI is InChI=1S/C18H16F5N3OS/c1-9-7-24-13(10(2)15(9)27-8-17(19,20)18(21,22)23)16-25-11-5-4-6-12(28-3)14(11)26-16/h4-7H,8H2,1-3H3,(H,25,26). The van der Waals surface area contributed by atoms with Gasteiger partial charge in [0.1, 0.15) is 17.0 Å². The van der Waals surface area contributed by atoms with Crippen molar-refractivity contribution in [2.45, 2.75) is 30.8 Å². The van der Waals surface area contributed by atoms with Crippen LogP contribution < -0.4 is 4.74 Å². The van der Waals surface area contributed by atoms with Gasteiger partial charge in [0.15, 0.2) is 12.4 Å². The molecule has 0 aliphatic carbocycles. The fourth-order valence-corrected chi connectivity index (χ4v) is 3.27. The summed E-state index contributed by atoms with van der Waals surface area (Å²) in [5.74, 6) is -4.65. The molecule has 0 spiro atoms. The van der Waals surface area contributed by atoms with Crippen molar-refractivity contribution in [2.24, 2.45) is 0 Å². The van der Waals surface area contributed by atoms with Gasteiger partial charge in [-0.3, -0.25) is 4.98 Å². The molecule has 4 nitrogen and oxygen atoms in total. The van der Waals surface area contributed by atoms with Gasteiger partial charge in [-0.15, -0.1) is 11.8 Å². The number of hydrogen-bond acceptors (Lipinski definition) is 4. The quantitative estimate of drug-likeness (QED) is 0.438. The number of ether oxygens (including phenoxy) is 1. The SMILES string of the molecule is CSc1cccc2[nH]c(-c3ncc(C)c(OCC(F)(F)C(F)(F)F)c3C)nc12. The smallest absolute Gasteiger partial charge is 0.456 e. The van der Waals surface area contributed by atoms with E-state index >= 15 is 0 Å². The van der Waals surface area contributed by atoms with Crippen molar-refractivity contribution in [1.29, 1.82) is 0 Å². The molecule has 0 saturated carbocycles. The number of aromatic amines is 1. The van der Waals surface area contributed by atoms with Crippen LogP contribution in [0.1, 0.15) is 11.1 Å². The minimum atomic E-state index is -5.68. The van der Waals surface area contributed by atoms with Gasteiger partial charge >= 0.3 is 12.1 Å². The lowest BCUT2D eigenvalue weighted by Gasteiger charge is -2.21. The molecule has 0 amide bonds. The second-order valence-corrected chi connectivity index (χ2v) is 7.02. The number of thioether (sulfide) groups is 1. The first kappa shape index (κ1) is 20.4. The van der Waals surface area contributed by atoms with Gasteiger partial charge < -0.3 is 9.72 Å². The average molecular weight is 417 g/mol. The molecular weight excluding hydrogens is 401 g/mol. The minimum absolute atomic E-state index is 0.0699. The third kappa shape index (κ3) is 3.65. The number of aromatic nitrogens is 3. The highest BCUT2D eigenvalue weighted by atomic mass is 32.2. The largest absolute Gasteiger partial charge is 0.486 e. The van der Waals surface area contributed by atoms with Crippen LogP contribution in [0.25, 0.3) is 22.6 Å². The predicted molar refractivity (Wildman–Crippen MR) is 97.1 cm³/mol. The monoisotopic (exact) mass is 417 g/mol. The average Bonchev–Trinajstić information content (AvgIpc) is 3.04. The van der Waals surface area contributed by atoms with Gasteiger partial charge in [-0.2, -0.15) is 22.0 Å². The molecule has 0 unspecified atom stereocenters. The Balaban J connectivity index is 2.00. The number of halogens is 5. The summed E-state index contributed by atoms with van der Waals surface area (Å²) in [5.41, 5.74) is 2.47. The van der Waals surface area contributed by atoms with E-state index < -0.39 is 18.7 Å². The number of imidazole rings is 1. The normalized spacial score (nSPS) is 12.6. The fourth-order valence-electron chi connectivity index (χ4n) is 2.71. The molecule has 0 atom stereocenters. The van der Waals surface area contributed by atoms with E-state index in [0.717, 1.165) is 15.9 Å². The van der Waals surface area contributed by atoms with Gasteiger partial charge in [0, 0.05) is 22.2 Å². The highest BCUT2D eigenvalue weighted by Gasteiger charge is 2.58. The molecule has 3 aromatic rings. The molecular formula is C18H16F5N3OS. The molecule has 1 N–H and O–H groups in total. The van der Waals surface area contributed by atoms with Crippen LogP contribution in [0.5, 0.6) is 5.75 Å². The lowest BCUT2D eigenvalue weighted by molar-refractivity contribution is -0.290. The van der Waals surface area contributed by atoms with Crippen molar-refractivity contribution in [3.63, 3.8) is 0 Å². The molecule has 28 heavy (non-hydrogen) atoms. The van der Waals surface area contributed by atoms with Gasteiger partial charge in [0.05, 0.1) is 5.52 Å². The predicted octanol–water partition coefficient (Wildman–Crippen LogP) is 5.54. The Morgan fingerprint density at radius 1 is 1.14 bits per heavy atom. The third-order valence-electron chi connectivity index (χ3n) is 4.17. The molecule has 0 saturated heterocycles. The summed E-state index contributed by atoms with van der Waals surface area (Å²) in [4.78, 5) is 12.8. The molecule has 1 aromatic carbocycles. The molecule has 0 radical (unpaired) electrons. The van der Waals surface area contributed by atoms with Gasteiger partial charge in [-0.1, -0.05) is 6.07 Å². The topological polar surface area (TPSA) is 50.8 Å². The number of pyridine rings is 1. The van der Waals surface area contributed by atoms with Gasteiger partial charge in [-0.05, 0) is 32.2 Å². The zero-order valence-corrected chi connectivity index (χ0v) is 15.9. The number of para-hydroxylation sites is 1. The summed E-state index contributed by atoms with van der Waals surface area (Å²) in [6, 6.07) is 5.59. The maximum Gasteiger partial charge on any atom is 0.456 e. The summed E-state index contributed by atoms with van der Waals surface area (Å²) >= 11 is 1.51. The molecule has 150 valence electrons. The number of alkyl halides is 5. The first-order chi connectivity index (χ1) is 13.0. The minimum Gasteiger partial charge on any atom is -0.486 e. The first-order valence-corrected chi connectivity index (χ1v) is 9.34. The van der Waals surface area contributed by atoms with Gasteiger partial charge in [-0.25, -0.2) is 4.98 Å². The van der Waals surface area contributed by atoms with Crippen LogP contribution in [-0.4, -0.2) is 39.9 Å². The zero-order chi connectivity index (χ0) is 20.7. The highest BCUT2D eigenvalue weighted by Crippen LogP contribution is 2.37. The van der Waals surface area contributed by atoms with Gasteiger partial charge in [0.2, 0.25) is 0 Å². The van der Waals surface area contributed by atoms with Crippen molar-refractivity contribution >= 4 is 22.8 Å². The molecule has 0 aliphatic heterocycles. The summed E-state index contributed by atoms with van der Waals surface area (Å²) in [5, 5.41) is 0. The number of hydrogen-bond donors (Lipinski definition) is 1. The maximum absolute atomic E-state index is 13.2. The number of nitrogens with zero attached hydrogens (tertiary/aromatic N) is 2. The summed E-state index contributed by atoms with van der Waals surface area (Å²) in [6.45, 7) is 1.26. The van der Waals surface area contributed by atoms with E-state index in [1.807, 2.05) is 24.5 Å². The van der Waals surface area contributed by atoms with E-state index in [0.29, 0.717) is 22.6 Å². The number of aryl methyl sites for hydroxylation is 1. The summed E-state index contributed by atoms with van der Waals surface area (Å²) in [6.07, 6.45) is -2.42. The Kier molecular flexibility index (Phi) is 5.26. The Hall–Kier alpha value is -2.36. The van der Waals surface area contributed by atoms with Crippen molar-refractivity contribution in [1.82, 2.24) is 15.0 Å². The molecule has 0 aliphatic rings. The lowest BCUT2D eigenvalue weighted by atomic mass is 10.1. The summed E-state index contributed by atoms with van der Waals surface area (Å²) < 4.78 is 68.6. The van der Waals surface area contributed by atoms with Crippen LogP contribution in [0.3, 0.4) is 0 Å². The highest BCUT2D eigenvalue weighted by molar-refractivity contribution is 7.98. The number of benzene rings is 1. The number of nitrogens with one attached hydrogen (secondary N) is 1. The fraction of sp³-hybridized carbons (Fsp3) is 0.333. The number of rotatable bonds is 5. The molecule has 0 bridgehead atoms. The number of fused-ring (bicyclic) bond motifs is 1. The van der Waals surface area contributed by atoms with Gasteiger partial charge in [0.25, 0.3) is 0 Å². The Morgan fingerprint density at radius 2 is 1.86 bits per heavy atom. The molecule has 2 heterocycles. The van der Waals surface area contributed by atoms with E-state index in [9.17, 15) is 22.0 Å². The van der Waals surface area contributed by atoms with Crippen molar-refractivity contribution in [3.8, 4) is 17.3 Å². The molecule has 3 rings (SSSR count). The van der Waals surface area contributed by atoms with E-state index in [4.69, 9.17) is 4.74 Å². The zero-order valence-electron chi connectivity index (χ0n) is 15.1. The Morgan fingerprint density at radius 3 is 2.50 bits per heavy atom. The Bertz CT molecular complexity index is 1020. The van der Waals surface area contributed by atoms with Crippen LogP contribution in [0.2, 0.25) is 0 Å². The lowest BCUT2D eigenvalue weighted by Crippen LogP contribution is -2.41.